The van der Waals surface area contributed by atoms with Gasteiger partial charge in [0.1, 0.15) is 11.6 Å². The van der Waals surface area contributed by atoms with Crippen molar-refractivity contribution in [3.05, 3.63) is 93.7 Å². The van der Waals surface area contributed by atoms with Crippen LogP contribution in [0.1, 0.15) is 66.6 Å². The number of amides is 3. The molecule has 174 valence electrons. The third kappa shape index (κ3) is 4.88. The third-order valence-electron chi connectivity index (χ3n) is 5.53. The smallest absolute Gasteiger partial charge is 0.305 e. The molecule has 3 N–H and O–H groups in total. The van der Waals surface area contributed by atoms with E-state index in [1.807, 2.05) is 6.92 Å². The zero-order valence-corrected chi connectivity index (χ0v) is 18.7. The van der Waals surface area contributed by atoms with Crippen LogP contribution in [0.25, 0.3) is 0 Å². The van der Waals surface area contributed by atoms with Crippen LogP contribution in [0.5, 0.6) is 0 Å². The first kappa shape index (κ1) is 22.9. The second kappa shape index (κ2) is 9.70. The van der Waals surface area contributed by atoms with Crippen molar-refractivity contribution in [2.45, 2.75) is 33.1 Å². The van der Waals surface area contributed by atoms with Crippen molar-refractivity contribution >= 4 is 23.4 Å². The number of fused-ring (bicyclic) bond motifs is 1. The van der Waals surface area contributed by atoms with Gasteiger partial charge in [-0.05, 0) is 63.1 Å². The highest BCUT2D eigenvalue weighted by atomic mass is 19.1. The minimum atomic E-state index is -0.595. The van der Waals surface area contributed by atoms with Gasteiger partial charge in [0.25, 0.3) is 11.8 Å². The topological polar surface area (TPSA) is 113 Å². The first-order chi connectivity index (χ1) is 16.3. The number of hydrogen-bond acceptors (Lipinski definition) is 5. The lowest BCUT2D eigenvalue weighted by molar-refractivity contribution is 0.0829. The Balaban J connectivity index is 1.47. The number of aryl methyl sites for hydroxylation is 2. The Labute approximate surface area is 195 Å². The number of hydrogen-bond donors (Lipinski definition) is 3. The molecule has 8 nitrogen and oxygen atoms in total. The molecular formula is C25H23FN4O4. The summed E-state index contributed by atoms with van der Waals surface area (Å²) in [5.74, 6) is -1.30. The molecule has 3 aromatic rings. The zero-order valence-electron chi connectivity index (χ0n) is 18.7. The summed E-state index contributed by atoms with van der Waals surface area (Å²) in [4.78, 5) is 37.3. The van der Waals surface area contributed by atoms with Crippen LogP contribution in [-0.4, -0.2) is 23.4 Å². The minimum absolute atomic E-state index is 0.0636. The van der Waals surface area contributed by atoms with Crippen LogP contribution >= 0.6 is 0 Å². The molecule has 0 unspecified atom stereocenters. The SMILES string of the molecule is Cc1ccc(C(=O)NNC(=O)c2oc3c(c2C)/C(=N/NC(=O)c2ccc(F)cc2)CCC3)cc1. The van der Waals surface area contributed by atoms with E-state index in [0.29, 0.717) is 41.0 Å². The predicted octanol–water partition coefficient (Wildman–Crippen LogP) is 3.58. The van der Waals surface area contributed by atoms with Crippen molar-refractivity contribution in [1.29, 1.82) is 0 Å². The van der Waals surface area contributed by atoms with Crippen LogP contribution in [0.15, 0.2) is 58.0 Å². The van der Waals surface area contributed by atoms with Crippen LogP contribution in [0.3, 0.4) is 0 Å². The molecule has 34 heavy (non-hydrogen) atoms. The van der Waals surface area contributed by atoms with Crippen molar-refractivity contribution in [2.24, 2.45) is 5.10 Å². The zero-order chi connectivity index (χ0) is 24.2. The standard InChI is InChI=1S/C25H23FN4O4/c1-14-6-8-16(9-7-14)24(32)29-30-25(33)22-15(2)21-19(4-3-5-20(21)34-22)27-28-23(31)17-10-12-18(26)13-11-17/h6-13H,3-5H2,1-2H3,(H,28,31)(H,29,32)(H,30,33)/b27-19+. The molecule has 1 aliphatic carbocycles. The van der Waals surface area contributed by atoms with E-state index < -0.39 is 23.5 Å². The van der Waals surface area contributed by atoms with E-state index in [1.165, 1.54) is 24.3 Å². The fraction of sp³-hybridized carbons (Fsp3) is 0.200. The molecule has 0 aliphatic heterocycles. The predicted molar refractivity (Wildman–Crippen MR) is 123 cm³/mol. The number of rotatable bonds is 4. The average molecular weight is 462 g/mol. The van der Waals surface area contributed by atoms with Crippen LogP contribution in [0, 0.1) is 19.7 Å². The Morgan fingerprint density at radius 3 is 2.18 bits per heavy atom. The maximum absolute atomic E-state index is 13.1. The van der Waals surface area contributed by atoms with Gasteiger partial charge in [-0.25, -0.2) is 9.82 Å². The van der Waals surface area contributed by atoms with Gasteiger partial charge < -0.3 is 4.42 Å². The van der Waals surface area contributed by atoms with Crippen molar-refractivity contribution in [3.8, 4) is 0 Å². The molecule has 0 saturated carbocycles. The number of hydrazone groups is 1. The van der Waals surface area contributed by atoms with Crippen LogP contribution in [0.4, 0.5) is 4.39 Å². The van der Waals surface area contributed by atoms with Crippen LogP contribution in [0.2, 0.25) is 0 Å². The van der Waals surface area contributed by atoms with E-state index in [2.05, 4.69) is 21.4 Å². The second-order valence-electron chi connectivity index (χ2n) is 7.99. The lowest BCUT2D eigenvalue weighted by Gasteiger charge is -2.13. The van der Waals surface area contributed by atoms with E-state index in [-0.39, 0.29) is 11.3 Å². The van der Waals surface area contributed by atoms with Gasteiger partial charge in [-0.1, -0.05) is 17.7 Å². The first-order valence-corrected chi connectivity index (χ1v) is 10.8. The van der Waals surface area contributed by atoms with Gasteiger partial charge in [0.2, 0.25) is 0 Å². The molecule has 0 fully saturated rings. The normalized spacial score (nSPS) is 13.8. The Morgan fingerprint density at radius 1 is 0.853 bits per heavy atom. The van der Waals surface area contributed by atoms with Gasteiger partial charge in [0, 0.05) is 28.7 Å². The van der Waals surface area contributed by atoms with E-state index in [9.17, 15) is 18.8 Å². The number of nitrogens with one attached hydrogen (secondary N) is 3. The summed E-state index contributed by atoms with van der Waals surface area (Å²) < 4.78 is 18.9. The fourth-order valence-corrected chi connectivity index (χ4v) is 3.73. The molecular weight excluding hydrogens is 439 g/mol. The summed E-state index contributed by atoms with van der Waals surface area (Å²) in [5.41, 5.74) is 10.8. The van der Waals surface area contributed by atoms with Gasteiger partial charge in [0.15, 0.2) is 5.76 Å². The van der Waals surface area contributed by atoms with Crippen LogP contribution < -0.4 is 16.3 Å². The quantitative estimate of drug-likeness (QED) is 0.515. The number of carbonyl (C=O) groups excluding carboxylic acids is 3. The highest BCUT2D eigenvalue weighted by molar-refractivity contribution is 6.07. The third-order valence-corrected chi connectivity index (χ3v) is 5.53. The minimum Gasteiger partial charge on any atom is -0.455 e. The van der Waals surface area contributed by atoms with E-state index in [1.54, 1.807) is 31.2 Å². The largest absolute Gasteiger partial charge is 0.455 e. The molecule has 0 bridgehead atoms. The Kier molecular flexibility index (Phi) is 6.53. The summed E-state index contributed by atoms with van der Waals surface area (Å²) in [5, 5.41) is 4.24. The average Bonchev–Trinajstić information content (AvgIpc) is 3.18. The molecule has 4 rings (SSSR count). The van der Waals surface area contributed by atoms with Gasteiger partial charge >= 0.3 is 5.91 Å². The van der Waals surface area contributed by atoms with Gasteiger partial charge in [-0.15, -0.1) is 0 Å². The molecule has 0 radical (unpaired) electrons. The molecule has 1 aliphatic rings. The van der Waals surface area contributed by atoms with Crippen molar-refractivity contribution < 1.29 is 23.2 Å². The van der Waals surface area contributed by atoms with Crippen molar-refractivity contribution in [3.63, 3.8) is 0 Å². The summed E-state index contributed by atoms with van der Waals surface area (Å²) in [7, 11) is 0. The summed E-state index contributed by atoms with van der Waals surface area (Å²) in [6.07, 6.45) is 1.93. The van der Waals surface area contributed by atoms with Gasteiger partial charge in [-0.3, -0.25) is 25.2 Å². The molecule has 1 heterocycles. The Hall–Kier alpha value is -4.27. The molecule has 0 atom stereocenters. The summed E-state index contributed by atoms with van der Waals surface area (Å²) >= 11 is 0. The number of hydrazine groups is 1. The Morgan fingerprint density at radius 2 is 1.47 bits per heavy atom. The molecule has 1 aromatic heterocycles. The Bertz CT molecular complexity index is 1280. The van der Waals surface area contributed by atoms with Gasteiger partial charge in [0.05, 0.1) is 5.71 Å². The van der Waals surface area contributed by atoms with E-state index >= 15 is 0 Å². The molecule has 0 saturated heterocycles. The number of furan rings is 1. The summed E-state index contributed by atoms with van der Waals surface area (Å²) in [6.45, 7) is 3.64. The van der Waals surface area contributed by atoms with Crippen molar-refractivity contribution in [1.82, 2.24) is 16.3 Å². The summed E-state index contributed by atoms with van der Waals surface area (Å²) in [6, 6.07) is 12.1. The monoisotopic (exact) mass is 462 g/mol. The van der Waals surface area contributed by atoms with E-state index in [0.717, 1.165) is 12.0 Å². The highest BCUT2D eigenvalue weighted by Crippen LogP contribution is 2.29. The van der Waals surface area contributed by atoms with Crippen molar-refractivity contribution in [2.75, 3.05) is 0 Å². The first-order valence-electron chi connectivity index (χ1n) is 10.8. The van der Waals surface area contributed by atoms with Gasteiger partial charge in [-0.2, -0.15) is 5.10 Å². The number of benzene rings is 2. The highest BCUT2D eigenvalue weighted by Gasteiger charge is 2.28. The van der Waals surface area contributed by atoms with Crippen LogP contribution in [-0.2, 0) is 6.42 Å². The lowest BCUT2D eigenvalue weighted by Crippen LogP contribution is -2.41. The molecule has 9 heteroatoms. The number of halogens is 1. The number of carbonyl (C=O) groups is 3. The second-order valence-corrected chi connectivity index (χ2v) is 7.99. The molecule has 2 aromatic carbocycles. The maximum atomic E-state index is 13.1. The molecule has 3 amide bonds. The maximum Gasteiger partial charge on any atom is 0.305 e. The number of nitrogens with zero attached hydrogens (tertiary/aromatic N) is 1. The van der Waals surface area contributed by atoms with E-state index in [4.69, 9.17) is 4.42 Å². The fourth-order valence-electron chi connectivity index (χ4n) is 3.73. The molecule has 0 spiro atoms. The lowest BCUT2D eigenvalue weighted by atomic mass is 9.93.